The Labute approximate surface area is 162 Å². The van der Waals surface area contributed by atoms with Crippen molar-refractivity contribution in [3.63, 3.8) is 0 Å². The number of rotatable bonds is 3. The van der Waals surface area contributed by atoms with Gasteiger partial charge in [-0.25, -0.2) is 4.98 Å². The lowest BCUT2D eigenvalue weighted by atomic mass is 10.1. The zero-order valence-corrected chi connectivity index (χ0v) is 16.8. The van der Waals surface area contributed by atoms with E-state index in [-0.39, 0.29) is 5.91 Å². The van der Waals surface area contributed by atoms with Gasteiger partial charge in [-0.2, -0.15) is 0 Å². The summed E-state index contributed by atoms with van der Waals surface area (Å²) in [5.41, 5.74) is 4.08. The first kappa shape index (κ1) is 17.8. The van der Waals surface area contributed by atoms with E-state index in [9.17, 15) is 4.79 Å². The van der Waals surface area contributed by atoms with Crippen molar-refractivity contribution in [2.24, 2.45) is 7.05 Å². The number of hydrogen-bond donors (Lipinski definition) is 0. The third-order valence-electron chi connectivity index (χ3n) is 4.86. The van der Waals surface area contributed by atoms with Crippen molar-refractivity contribution in [2.75, 3.05) is 38.2 Å². The predicted octanol–water partition coefficient (Wildman–Crippen LogP) is 2.62. The number of ether oxygens (including phenoxy) is 1. The normalized spacial score (nSPS) is 14.8. The fraction of sp³-hybridized carbons (Fsp3) is 0.421. The molecule has 1 aliphatic heterocycles. The van der Waals surface area contributed by atoms with E-state index in [1.165, 1.54) is 22.9 Å². The van der Waals surface area contributed by atoms with Crippen LogP contribution in [0.5, 0.6) is 5.88 Å². The number of thiazole rings is 1. The van der Waals surface area contributed by atoms with Crippen LogP contribution in [0.25, 0.3) is 10.2 Å². The number of amides is 1. The van der Waals surface area contributed by atoms with E-state index in [0.717, 1.165) is 23.7 Å². The van der Waals surface area contributed by atoms with E-state index < -0.39 is 0 Å². The Morgan fingerprint density at radius 1 is 1.19 bits per heavy atom. The standard InChI is InChI=1S/C19H23N5O2S/c1-12-9-13(2)16-15(10-12)20-19(27-16)24-7-5-23(6-8-24)18(25)14-11-22(3)21-17(14)26-4/h9-11H,5-8H2,1-4H3. The molecule has 0 aliphatic carbocycles. The van der Waals surface area contributed by atoms with E-state index in [4.69, 9.17) is 9.72 Å². The van der Waals surface area contributed by atoms with E-state index in [1.807, 2.05) is 4.90 Å². The zero-order valence-electron chi connectivity index (χ0n) is 16.0. The van der Waals surface area contributed by atoms with Gasteiger partial charge in [0.15, 0.2) is 5.13 Å². The van der Waals surface area contributed by atoms with E-state index >= 15 is 0 Å². The molecule has 2 aromatic heterocycles. The van der Waals surface area contributed by atoms with Gasteiger partial charge in [0.05, 0.1) is 17.3 Å². The van der Waals surface area contributed by atoms with Crippen molar-refractivity contribution in [1.29, 1.82) is 0 Å². The maximum Gasteiger partial charge on any atom is 0.261 e. The molecule has 0 unspecified atom stereocenters. The van der Waals surface area contributed by atoms with Gasteiger partial charge < -0.3 is 14.5 Å². The molecule has 142 valence electrons. The summed E-state index contributed by atoms with van der Waals surface area (Å²) in [6.45, 7) is 7.09. The molecule has 1 fully saturated rings. The van der Waals surface area contributed by atoms with Gasteiger partial charge >= 0.3 is 0 Å². The number of aryl methyl sites for hydroxylation is 3. The Balaban J connectivity index is 1.49. The van der Waals surface area contributed by atoms with E-state index in [0.29, 0.717) is 24.5 Å². The highest BCUT2D eigenvalue weighted by Crippen LogP contribution is 2.32. The van der Waals surface area contributed by atoms with Crippen LogP contribution in [0, 0.1) is 13.8 Å². The minimum atomic E-state index is -0.0321. The summed E-state index contributed by atoms with van der Waals surface area (Å²) in [6, 6.07) is 4.33. The second-order valence-corrected chi connectivity index (χ2v) is 7.91. The third-order valence-corrected chi connectivity index (χ3v) is 6.13. The Hall–Kier alpha value is -2.61. The number of fused-ring (bicyclic) bond motifs is 1. The summed E-state index contributed by atoms with van der Waals surface area (Å²) in [5.74, 6) is 0.345. The summed E-state index contributed by atoms with van der Waals surface area (Å²) >= 11 is 1.73. The summed E-state index contributed by atoms with van der Waals surface area (Å²) < 4.78 is 8.07. The maximum absolute atomic E-state index is 12.8. The molecule has 3 heterocycles. The van der Waals surface area contributed by atoms with Crippen LogP contribution < -0.4 is 9.64 Å². The number of hydrogen-bond acceptors (Lipinski definition) is 6. The van der Waals surface area contributed by atoms with Crippen molar-refractivity contribution >= 4 is 32.6 Å². The quantitative estimate of drug-likeness (QED) is 0.694. The summed E-state index contributed by atoms with van der Waals surface area (Å²) in [4.78, 5) is 21.8. The molecule has 8 heteroatoms. The first-order chi connectivity index (χ1) is 13.0. The van der Waals surface area contributed by atoms with Gasteiger partial charge in [-0.15, -0.1) is 5.10 Å². The van der Waals surface area contributed by atoms with Crippen LogP contribution in [-0.4, -0.2) is 58.9 Å². The minimum Gasteiger partial charge on any atom is -0.479 e. The van der Waals surface area contributed by atoms with Gasteiger partial charge in [0, 0.05) is 39.4 Å². The van der Waals surface area contributed by atoms with Crippen LogP contribution in [-0.2, 0) is 7.05 Å². The van der Waals surface area contributed by atoms with Crippen LogP contribution >= 0.6 is 11.3 Å². The number of piperazine rings is 1. The lowest BCUT2D eigenvalue weighted by Crippen LogP contribution is -2.48. The Kier molecular flexibility index (Phi) is 4.51. The molecule has 3 aromatic rings. The molecule has 1 saturated heterocycles. The second-order valence-electron chi connectivity index (χ2n) is 6.93. The molecule has 0 atom stereocenters. The molecule has 1 aliphatic rings. The van der Waals surface area contributed by atoms with Gasteiger partial charge in [0.25, 0.3) is 5.91 Å². The average Bonchev–Trinajstić information content (AvgIpc) is 3.24. The highest BCUT2D eigenvalue weighted by molar-refractivity contribution is 7.22. The monoisotopic (exact) mass is 385 g/mol. The molecule has 0 bridgehead atoms. The van der Waals surface area contributed by atoms with Crippen molar-refractivity contribution in [1.82, 2.24) is 19.7 Å². The first-order valence-corrected chi connectivity index (χ1v) is 9.77. The van der Waals surface area contributed by atoms with Crippen molar-refractivity contribution < 1.29 is 9.53 Å². The molecule has 1 aromatic carbocycles. The van der Waals surface area contributed by atoms with Crippen molar-refractivity contribution in [3.05, 3.63) is 35.0 Å². The number of aromatic nitrogens is 3. The predicted molar refractivity (Wildman–Crippen MR) is 107 cm³/mol. The molecule has 0 N–H and O–H groups in total. The lowest BCUT2D eigenvalue weighted by molar-refractivity contribution is 0.0743. The minimum absolute atomic E-state index is 0.0321. The maximum atomic E-state index is 12.8. The Bertz CT molecular complexity index is 1000. The summed E-state index contributed by atoms with van der Waals surface area (Å²) in [5, 5.41) is 5.21. The molecule has 0 saturated carbocycles. The summed E-state index contributed by atoms with van der Waals surface area (Å²) in [7, 11) is 3.32. The molecule has 4 rings (SSSR count). The molecular weight excluding hydrogens is 362 g/mol. The van der Waals surface area contributed by atoms with Gasteiger partial charge in [-0.3, -0.25) is 9.48 Å². The fourth-order valence-corrected chi connectivity index (χ4v) is 4.60. The summed E-state index contributed by atoms with van der Waals surface area (Å²) in [6.07, 6.45) is 1.71. The average molecular weight is 385 g/mol. The third kappa shape index (κ3) is 3.25. The Morgan fingerprint density at radius 2 is 1.93 bits per heavy atom. The Morgan fingerprint density at radius 3 is 2.63 bits per heavy atom. The van der Waals surface area contributed by atoms with Crippen LogP contribution in [0.3, 0.4) is 0 Å². The lowest BCUT2D eigenvalue weighted by Gasteiger charge is -2.34. The van der Waals surface area contributed by atoms with Gasteiger partial charge in [-0.05, 0) is 31.0 Å². The highest BCUT2D eigenvalue weighted by atomic mass is 32.1. The van der Waals surface area contributed by atoms with Crippen LogP contribution in [0.4, 0.5) is 5.13 Å². The van der Waals surface area contributed by atoms with Crippen molar-refractivity contribution in [3.8, 4) is 5.88 Å². The number of anilines is 1. The van der Waals surface area contributed by atoms with Gasteiger partial charge in [0.2, 0.25) is 5.88 Å². The molecule has 1 amide bonds. The number of carbonyl (C=O) groups excluding carboxylic acids is 1. The van der Waals surface area contributed by atoms with E-state index in [2.05, 4.69) is 36.0 Å². The molecule has 0 radical (unpaired) electrons. The van der Waals surface area contributed by atoms with Crippen LogP contribution in [0.15, 0.2) is 18.3 Å². The topological polar surface area (TPSA) is 63.5 Å². The SMILES string of the molecule is COc1nn(C)cc1C(=O)N1CCN(c2nc3cc(C)cc(C)c3s2)CC1. The largest absolute Gasteiger partial charge is 0.479 e. The molecular formula is C19H23N5O2S. The number of carbonyl (C=O) groups is 1. The zero-order chi connectivity index (χ0) is 19.1. The first-order valence-electron chi connectivity index (χ1n) is 8.96. The second kappa shape index (κ2) is 6.84. The molecule has 7 nitrogen and oxygen atoms in total. The fourth-order valence-electron chi connectivity index (χ4n) is 3.54. The smallest absolute Gasteiger partial charge is 0.261 e. The van der Waals surface area contributed by atoms with E-state index in [1.54, 1.807) is 29.3 Å². The number of nitrogens with zero attached hydrogens (tertiary/aromatic N) is 5. The van der Waals surface area contributed by atoms with Crippen LogP contribution in [0.1, 0.15) is 21.5 Å². The molecule has 27 heavy (non-hydrogen) atoms. The number of benzene rings is 1. The van der Waals surface area contributed by atoms with Crippen LogP contribution in [0.2, 0.25) is 0 Å². The molecule has 0 spiro atoms. The number of methoxy groups -OCH3 is 1. The highest BCUT2D eigenvalue weighted by Gasteiger charge is 2.27. The van der Waals surface area contributed by atoms with Crippen molar-refractivity contribution in [2.45, 2.75) is 13.8 Å². The van der Waals surface area contributed by atoms with Gasteiger partial charge in [0.1, 0.15) is 5.56 Å². The van der Waals surface area contributed by atoms with Gasteiger partial charge in [-0.1, -0.05) is 17.4 Å².